The molecule has 0 atom stereocenters. The highest BCUT2D eigenvalue weighted by Gasteiger charge is 2.30. The molecule has 0 N–H and O–H groups in total. The van der Waals surface area contributed by atoms with Gasteiger partial charge in [-0.25, -0.2) is 0 Å². The first-order chi connectivity index (χ1) is 8.99. The molecule has 0 aliphatic heterocycles. The lowest BCUT2D eigenvalue weighted by Gasteiger charge is -2.08. The van der Waals surface area contributed by atoms with E-state index in [2.05, 4.69) is 9.36 Å². The van der Waals surface area contributed by atoms with Gasteiger partial charge in [-0.05, 0) is 24.0 Å². The highest BCUT2D eigenvalue weighted by molar-refractivity contribution is 7.98. The lowest BCUT2D eigenvalue weighted by Crippen LogP contribution is -2.06. The van der Waals surface area contributed by atoms with Crippen LogP contribution in [0.2, 0.25) is 0 Å². The number of thioether (sulfide) groups is 1. The van der Waals surface area contributed by atoms with Gasteiger partial charge in [0.2, 0.25) is 5.16 Å². The second kappa shape index (κ2) is 5.79. The van der Waals surface area contributed by atoms with Gasteiger partial charge in [0.1, 0.15) is 6.61 Å². The molecule has 8 heteroatoms. The molecule has 2 aromatic rings. The van der Waals surface area contributed by atoms with Crippen LogP contribution in [-0.2, 0) is 12.8 Å². The van der Waals surface area contributed by atoms with Gasteiger partial charge < -0.3 is 4.74 Å². The lowest BCUT2D eigenvalue weighted by atomic mass is 10.1. The summed E-state index contributed by atoms with van der Waals surface area (Å²) in [7, 11) is 0. The minimum atomic E-state index is -4.34. The van der Waals surface area contributed by atoms with Crippen molar-refractivity contribution in [1.29, 1.82) is 0 Å². The summed E-state index contributed by atoms with van der Waals surface area (Å²) in [6, 6.07) is 5.03. The minimum absolute atomic E-state index is 0.0347. The molecule has 0 spiro atoms. The molecule has 0 saturated heterocycles. The van der Waals surface area contributed by atoms with E-state index in [9.17, 15) is 13.2 Å². The first kappa shape index (κ1) is 14.1. The number of alkyl halides is 3. The van der Waals surface area contributed by atoms with Crippen LogP contribution in [-0.4, -0.2) is 15.6 Å². The Hall–Kier alpha value is -1.28. The van der Waals surface area contributed by atoms with Crippen LogP contribution < -0.4 is 4.74 Å². The Morgan fingerprint density at radius 3 is 2.79 bits per heavy atom. The third-order valence-corrected chi connectivity index (χ3v) is 3.48. The maximum Gasteiger partial charge on any atom is 0.416 e. The molecule has 19 heavy (non-hydrogen) atoms. The first-order valence-corrected chi connectivity index (χ1v) is 7.15. The van der Waals surface area contributed by atoms with Crippen molar-refractivity contribution in [1.82, 2.24) is 9.36 Å². The minimum Gasteiger partial charge on any atom is -0.464 e. The van der Waals surface area contributed by atoms with E-state index in [1.807, 2.05) is 6.26 Å². The highest BCUT2D eigenvalue weighted by atomic mass is 32.2. The van der Waals surface area contributed by atoms with Crippen LogP contribution >= 0.6 is 23.3 Å². The Balaban J connectivity index is 2.03. The van der Waals surface area contributed by atoms with Gasteiger partial charge in [-0.3, -0.25) is 0 Å². The van der Waals surface area contributed by atoms with Crippen molar-refractivity contribution in [2.75, 3.05) is 6.26 Å². The quantitative estimate of drug-likeness (QED) is 0.804. The summed E-state index contributed by atoms with van der Waals surface area (Å²) < 4.78 is 46.8. The van der Waals surface area contributed by atoms with Crippen LogP contribution in [0.3, 0.4) is 0 Å². The molecular weight excluding hydrogens is 297 g/mol. The summed E-state index contributed by atoms with van der Waals surface area (Å²) in [5.41, 5.74) is -0.244. The molecule has 0 aliphatic rings. The third-order valence-electron chi connectivity index (χ3n) is 2.19. The average Bonchev–Trinajstić information content (AvgIpc) is 2.84. The van der Waals surface area contributed by atoms with Crippen LogP contribution in [0.25, 0.3) is 0 Å². The Morgan fingerprint density at radius 2 is 2.16 bits per heavy atom. The second-order valence-corrected chi connectivity index (χ2v) is 5.02. The number of halogens is 3. The molecular formula is C11H9F3N2OS2. The molecule has 0 radical (unpaired) electrons. The fourth-order valence-corrected chi connectivity index (χ4v) is 2.40. The topological polar surface area (TPSA) is 35.0 Å². The van der Waals surface area contributed by atoms with Gasteiger partial charge >= 0.3 is 6.18 Å². The second-order valence-electron chi connectivity index (χ2n) is 3.53. The van der Waals surface area contributed by atoms with E-state index in [0.717, 1.165) is 23.7 Å². The Bertz CT molecular complexity index is 557. The summed E-state index contributed by atoms with van der Waals surface area (Å²) in [4.78, 5) is 4.04. The zero-order valence-electron chi connectivity index (χ0n) is 9.77. The van der Waals surface area contributed by atoms with Gasteiger partial charge in [-0.2, -0.15) is 22.5 Å². The van der Waals surface area contributed by atoms with Crippen molar-refractivity contribution in [2.24, 2.45) is 0 Å². The van der Waals surface area contributed by atoms with Gasteiger partial charge in [-0.15, -0.1) is 0 Å². The van der Waals surface area contributed by atoms with Gasteiger partial charge in [0.05, 0.1) is 5.56 Å². The number of benzene rings is 1. The molecule has 0 saturated carbocycles. The molecule has 102 valence electrons. The normalized spacial score (nSPS) is 11.6. The van der Waals surface area contributed by atoms with Crippen LogP contribution in [0.4, 0.5) is 13.2 Å². The Labute approximate surface area is 116 Å². The van der Waals surface area contributed by atoms with Gasteiger partial charge in [-0.1, -0.05) is 23.9 Å². The number of aromatic nitrogens is 2. The van der Waals surface area contributed by atoms with E-state index in [4.69, 9.17) is 4.74 Å². The van der Waals surface area contributed by atoms with Crippen LogP contribution in [0, 0.1) is 0 Å². The molecule has 3 nitrogen and oxygen atoms in total. The smallest absolute Gasteiger partial charge is 0.416 e. The largest absolute Gasteiger partial charge is 0.464 e. The SMILES string of the molecule is CSc1nsc(OCc2cccc(C(F)(F)F)c2)n1. The lowest BCUT2D eigenvalue weighted by molar-refractivity contribution is -0.137. The van der Waals surface area contributed by atoms with Gasteiger partial charge in [0.25, 0.3) is 5.19 Å². The van der Waals surface area contributed by atoms with Crippen molar-refractivity contribution < 1.29 is 17.9 Å². The van der Waals surface area contributed by atoms with Gasteiger partial charge in [0.15, 0.2) is 0 Å². The van der Waals surface area contributed by atoms with Crippen molar-refractivity contribution in [3.63, 3.8) is 0 Å². The maximum atomic E-state index is 12.5. The van der Waals surface area contributed by atoms with Crippen molar-refractivity contribution >= 4 is 23.3 Å². The zero-order valence-corrected chi connectivity index (χ0v) is 11.4. The highest BCUT2D eigenvalue weighted by Crippen LogP contribution is 2.30. The van der Waals surface area contributed by atoms with E-state index < -0.39 is 11.7 Å². The molecule has 0 aliphatic carbocycles. The maximum absolute atomic E-state index is 12.5. The molecule has 0 bridgehead atoms. The van der Waals surface area contributed by atoms with Crippen LogP contribution in [0.1, 0.15) is 11.1 Å². The van der Waals surface area contributed by atoms with E-state index in [0.29, 0.717) is 15.9 Å². The fourth-order valence-electron chi connectivity index (χ4n) is 1.32. The summed E-state index contributed by atoms with van der Waals surface area (Å²) in [6.07, 6.45) is -2.51. The van der Waals surface area contributed by atoms with E-state index in [1.54, 1.807) is 6.07 Å². The fraction of sp³-hybridized carbons (Fsp3) is 0.273. The predicted molar refractivity (Wildman–Crippen MR) is 67.5 cm³/mol. The average molecular weight is 306 g/mol. The van der Waals surface area contributed by atoms with Crippen molar-refractivity contribution in [3.05, 3.63) is 35.4 Å². The standard InChI is InChI=1S/C11H9F3N2OS2/c1-18-9-15-10(19-16-9)17-6-7-3-2-4-8(5-7)11(12,13)14/h2-5H,6H2,1H3. The van der Waals surface area contributed by atoms with Crippen molar-refractivity contribution in [2.45, 2.75) is 17.9 Å². The summed E-state index contributed by atoms with van der Waals surface area (Å²) in [5.74, 6) is 0. The van der Waals surface area contributed by atoms with Crippen LogP contribution in [0.5, 0.6) is 5.19 Å². The Kier molecular flexibility index (Phi) is 4.31. The number of hydrogen-bond donors (Lipinski definition) is 0. The van der Waals surface area contributed by atoms with Crippen LogP contribution in [0.15, 0.2) is 29.4 Å². The Morgan fingerprint density at radius 1 is 1.37 bits per heavy atom. The number of nitrogens with zero attached hydrogens (tertiary/aromatic N) is 2. The molecule has 1 aromatic heterocycles. The molecule has 0 fully saturated rings. The van der Waals surface area contributed by atoms with E-state index >= 15 is 0 Å². The van der Waals surface area contributed by atoms with E-state index in [1.165, 1.54) is 17.8 Å². The molecule has 0 unspecified atom stereocenters. The molecule has 2 rings (SSSR count). The van der Waals surface area contributed by atoms with E-state index in [-0.39, 0.29) is 6.61 Å². The van der Waals surface area contributed by atoms with Crippen molar-refractivity contribution in [3.8, 4) is 5.19 Å². The molecule has 1 heterocycles. The number of hydrogen-bond acceptors (Lipinski definition) is 5. The zero-order chi connectivity index (χ0) is 13.9. The summed E-state index contributed by atoms with van der Waals surface area (Å²) >= 11 is 2.45. The third kappa shape index (κ3) is 3.84. The molecule has 1 aromatic carbocycles. The predicted octanol–water partition coefficient (Wildman–Crippen LogP) is 3.86. The number of rotatable bonds is 4. The van der Waals surface area contributed by atoms with Gasteiger partial charge in [0, 0.05) is 11.5 Å². The monoisotopic (exact) mass is 306 g/mol. The summed E-state index contributed by atoms with van der Waals surface area (Å²) in [6.45, 7) is 0.0347. The summed E-state index contributed by atoms with van der Waals surface area (Å²) in [5, 5.41) is 0.936. The molecule has 0 amide bonds. The number of ether oxygens (including phenoxy) is 1. The first-order valence-electron chi connectivity index (χ1n) is 5.15.